The SMILES string of the molecule is CCCC(=O)C(c1ccccc1)N(C(C(=O)c1ccccc1)c1ccccc1)[C@@H](C)C(=O)N(C(=O)Cc1cc(F)cc(F)c1)C(=O)Cc1cc(F)cc(F)c1. The van der Waals surface area contributed by atoms with Crippen molar-refractivity contribution in [3.8, 4) is 0 Å². The van der Waals surface area contributed by atoms with Gasteiger partial charge in [-0.2, -0.15) is 0 Å². The zero-order valence-electron chi connectivity index (χ0n) is 30.1. The average molecular weight is 751 g/mol. The summed E-state index contributed by atoms with van der Waals surface area (Å²) in [6, 6.07) is 25.5. The number of benzene rings is 5. The van der Waals surface area contributed by atoms with Crippen molar-refractivity contribution in [2.75, 3.05) is 0 Å². The summed E-state index contributed by atoms with van der Waals surface area (Å²) in [5, 5.41) is 0. The first-order valence-electron chi connectivity index (χ1n) is 17.7. The van der Waals surface area contributed by atoms with E-state index in [9.17, 15) is 41.5 Å². The number of hydrogen-bond donors (Lipinski definition) is 0. The van der Waals surface area contributed by atoms with Crippen molar-refractivity contribution in [1.82, 2.24) is 9.80 Å². The highest BCUT2D eigenvalue weighted by Gasteiger charge is 2.45. The molecule has 0 aliphatic heterocycles. The second-order valence-electron chi connectivity index (χ2n) is 13.1. The van der Waals surface area contributed by atoms with Crippen molar-refractivity contribution in [3.63, 3.8) is 0 Å². The molecule has 0 aliphatic rings. The third kappa shape index (κ3) is 9.93. The quantitative estimate of drug-likeness (QED) is 0.0790. The Morgan fingerprint density at radius 2 is 0.964 bits per heavy atom. The number of carbonyl (C=O) groups is 5. The molecule has 3 atom stereocenters. The van der Waals surface area contributed by atoms with E-state index in [1.54, 1.807) is 97.9 Å². The van der Waals surface area contributed by atoms with Gasteiger partial charge < -0.3 is 0 Å². The van der Waals surface area contributed by atoms with Crippen LogP contribution in [0.4, 0.5) is 17.6 Å². The van der Waals surface area contributed by atoms with Gasteiger partial charge in [-0.3, -0.25) is 28.9 Å². The van der Waals surface area contributed by atoms with Crippen LogP contribution < -0.4 is 0 Å². The van der Waals surface area contributed by atoms with E-state index in [0.717, 1.165) is 24.3 Å². The third-order valence-corrected chi connectivity index (χ3v) is 9.01. The molecular formula is C44H38F4N2O5. The highest BCUT2D eigenvalue weighted by molar-refractivity contribution is 6.13. The normalized spacial score (nSPS) is 12.8. The van der Waals surface area contributed by atoms with Gasteiger partial charge in [-0.05, 0) is 59.9 Å². The fraction of sp³-hybridized carbons (Fsp3) is 0.205. The van der Waals surface area contributed by atoms with Crippen molar-refractivity contribution < 1.29 is 41.5 Å². The smallest absolute Gasteiger partial charge is 0.253 e. The molecule has 3 amide bonds. The topological polar surface area (TPSA) is 91.8 Å². The van der Waals surface area contributed by atoms with Gasteiger partial charge >= 0.3 is 0 Å². The summed E-state index contributed by atoms with van der Waals surface area (Å²) in [6.07, 6.45) is -1.19. The third-order valence-electron chi connectivity index (χ3n) is 9.01. The van der Waals surface area contributed by atoms with Crippen molar-refractivity contribution in [3.05, 3.63) is 178 Å². The molecule has 0 radical (unpaired) electrons. The van der Waals surface area contributed by atoms with Gasteiger partial charge in [0.05, 0.1) is 24.9 Å². The molecule has 0 saturated carbocycles. The lowest BCUT2D eigenvalue weighted by molar-refractivity contribution is -0.156. The van der Waals surface area contributed by atoms with Crippen LogP contribution in [-0.4, -0.2) is 45.1 Å². The largest absolute Gasteiger partial charge is 0.298 e. The van der Waals surface area contributed by atoms with Gasteiger partial charge in [-0.15, -0.1) is 0 Å². The molecule has 0 N–H and O–H groups in total. The zero-order valence-corrected chi connectivity index (χ0v) is 30.1. The Balaban J connectivity index is 1.70. The fourth-order valence-electron chi connectivity index (χ4n) is 6.63. The number of carbonyl (C=O) groups excluding carboxylic acids is 5. The molecular weight excluding hydrogens is 712 g/mol. The number of imide groups is 3. The number of hydrogen-bond acceptors (Lipinski definition) is 6. The predicted octanol–water partition coefficient (Wildman–Crippen LogP) is 8.34. The van der Waals surface area contributed by atoms with Crippen LogP contribution in [0.5, 0.6) is 0 Å². The van der Waals surface area contributed by atoms with E-state index in [4.69, 9.17) is 0 Å². The Kier molecular flexibility index (Phi) is 13.4. The molecule has 0 fully saturated rings. The summed E-state index contributed by atoms with van der Waals surface area (Å²) < 4.78 is 56.8. The number of Topliss-reactive ketones (excluding diaryl/α,β-unsaturated/α-hetero) is 2. The van der Waals surface area contributed by atoms with Crippen molar-refractivity contribution in [1.29, 1.82) is 0 Å². The first kappa shape index (κ1) is 40.1. The standard InChI is InChI=1S/C44H38F4N2O5/c1-3-13-38(51)41(31-14-7-4-8-15-31)49(42(32-16-9-5-10-17-32)43(54)33-18-11-6-12-19-33)28(2)44(55)50(39(52)24-29-20-34(45)26-35(46)21-29)40(53)25-30-22-36(47)27-37(48)23-30/h4-12,14-23,26-28,41-42H,3,13,24-25H2,1-2H3/t28-,41?,42?/m0/s1. The summed E-state index contributed by atoms with van der Waals surface area (Å²) in [6.45, 7) is 3.15. The molecule has 0 bridgehead atoms. The van der Waals surface area contributed by atoms with Crippen LogP contribution >= 0.6 is 0 Å². The predicted molar refractivity (Wildman–Crippen MR) is 197 cm³/mol. The van der Waals surface area contributed by atoms with Crippen LogP contribution in [0.25, 0.3) is 0 Å². The summed E-state index contributed by atoms with van der Waals surface area (Å²) in [4.78, 5) is 73.8. The highest BCUT2D eigenvalue weighted by atomic mass is 19.1. The van der Waals surface area contributed by atoms with E-state index in [0.29, 0.717) is 29.7 Å². The summed E-state index contributed by atoms with van der Waals surface area (Å²) in [7, 11) is 0. The lowest BCUT2D eigenvalue weighted by Crippen LogP contribution is -2.55. The van der Waals surface area contributed by atoms with E-state index in [1.807, 2.05) is 0 Å². The Morgan fingerprint density at radius 1 is 0.564 bits per heavy atom. The maximum Gasteiger partial charge on any atom is 0.253 e. The second kappa shape index (κ2) is 18.3. The second-order valence-corrected chi connectivity index (χ2v) is 13.1. The maximum atomic E-state index is 15.0. The average Bonchev–Trinajstić information content (AvgIpc) is 3.14. The van der Waals surface area contributed by atoms with Gasteiger partial charge in [0, 0.05) is 24.1 Å². The summed E-state index contributed by atoms with van der Waals surface area (Å²) in [5.74, 6) is -8.47. The van der Waals surface area contributed by atoms with E-state index < -0.39 is 77.7 Å². The number of rotatable bonds is 15. The molecule has 282 valence electrons. The van der Waals surface area contributed by atoms with Gasteiger partial charge in [-0.25, -0.2) is 22.5 Å². The van der Waals surface area contributed by atoms with Crippen LogP contribution in [0.3, 0.4) is 0 Å². The van der Waals surface area contributed by atoms with Gasteiger partial charge in [-0.1, -0.05) is 97.9 Å². The van der Waals surface area contributed by atoms with E-state index in [-0.39, 0.29) is 33.8 Å². The van der Waals surface area contributed by atoms with Crippen molar-refractivity contribution in [2.45, 2.75) is 57.7 Å². The number of halogens is 4. The summed E-state index contributed by atoms with van der Waals surface area (Å²) >= 11 is 0. The number of nitrogens with zero attached hydrogens (tertiary/aromatic N) is 2. The summed E-state index contributed by atoms with van der Waals surface area (Å²) in [5.41, 5.74) is 0.682. The minimum absolute atomic E-state index is 0.0376. The van der Waals surface area contributed by atoms with Crippen LogP contribution in [-0.2, 0) is 32.0 Å². The lowest BCUT2D eigenvalue weighted by atomic mass is 9.89. The van der Waals surface area contributed by atoms with E-state index in [2.05, 4.69) is 0 Å². The molecule has 55 heavy (non-hydrogen) atoms. The van der Waals surface area contributed by atoms with Gasteiger partial charge in [0.1, 0.15) is 29.3 Å². The lowest BCUT2D eigenvalue weighted by Gasteiger charge is -2.41. The van der Waals surface area contributed by atoms with Gasteiger partial charge in [0.15, 0.2) is 11.6 Å². The molecule has 2 unspecified atom stereocenters. The molecule has 7 nitrogen and oxygen atoms in total. The van der Waals surface area contributed by atoms with Crippen LogP contribution in [0, 0.1) is 23.3 Å². The Labute approximate surface area is 316 Å². The Hall–Kier alpha value is -6.07. The molecule has 5 aromatic carbocycles. The molecule has 0 aromatic heterocycles. The van der Waals surface area contributed by atoms with Crippen molar-refractivity contribution in [2.24, 2.45) is 0 Å². The van der Waals surface area contributed by atoms with E-state index >= 15 is 0 Å². The molecule has 0 aliphatic carbocycles. The van der Waals surface area contributed by atoms with Gasteiger partial charge in [0.25, 0.3) is 5.91 Å². The monoisotopic (exact) mass is 750 g/mol. The first-order valence-corrected chi connectivity index (χ1v) is 17.7. The van der Waals surface area contributed by atoms with Crippen LogP contribution in [0.1, 0.15) is 71.4 Å². The van der Waals surface area contributed by atoms with Crippen LogP contribution in [0.2, 0.25) is 0 Å². The zero-order chi connectivity index (χ0) is 39.6. The molecule has 5 aromatic rings. The minimum atomic E-state index is -1.59. The fourth-order valence-corrected chi connectivity index (χ4v) is 6.63. The van der Waals surface area contributed by atoms with Crippen LogP contribution in [0.15, 0.2) is 127 Å². The number of ketones is 2. The Morgan fingerprint density at radius 3 is 1.38 bits per heavy atom. The molecule has 5 rings (SSSR count). The Bertz CT molecular complexity index is 2060. The van der Waals surface area contributed by atoms with E-state index in [1.165, 1.54) is 11.8 Å². The number of amides is 3. The maximum absolute atomic E-state index is 15.0. The molecule has 0 heterocycles. The van der Waals surface area contributed by atoms with Gasteiger partial charge in [0.2, 0.25) is 11.8 Å². The highest BCUT2D eigenvalue weighted by Crippen LogP contribution is 2.37. The molecule has 11 heteroatoms. The molecule has 0 spiro atoms. The first-order chi connectivity index (χ1) is 26.4. The minimum Gasteiger partial charge on any atom is -0.298 e. The molecule has 0 saturated heterocycles. The van der Waals surface area contributed by atoms with Crippen molar-refractivity contribution >= 4 is 29.3 Å².